The topological polar surface area (TPSA) is 17.1 Å². The molecule has 0 rings (SSSR count). The quantitative estimate of drug-likeness (QED) is 0.400. The third-order valence-corrected chi connectivity index (χ3v) is 2.04. The van der Waals surface area contributed by atoms with Gasteiger partial charge in [0.15, 0.2) is 6.29 Å². The van der Waals surface area contributed by atoms with E-state index in [-0.39, 0.29) is 0 Å². The van der Waals surface area contributed by atoms with Crippen molar-refractivity contribution >= 4 is 6.29 Å². The highest BCUT2D eigenvalue weighted by molar-refractivity contribution is 5.50. The van der Waals surface area contributed by atoms with Gasteiger partial charge in [-0.2, -0.15) is 0 Å². The van der Waals surface area contributed by atoms with E-state index in [1.165, 1.54) is 19.3 Å². The van der Waals surface area contributed by atoms with Crippen LogP contribution < -0.4 is 0 Å². The molecule has 0 spiro atoms. The first-order valence-corrected chi connectivity index (χ1v) is 4.77. The Balaban J connectivity index is 3.07. The van der Waals surface area contributed by atoms with Gasteiger partial charge in [-0.1, -0.05) is 32.3 Å². The van der Waals surface area contributed by atoms with Gasteiger partial charge < -0.3 is 0 Å². The largest absolute Gasteiger partial charge is 0.291 e. The second-order valence-electron chi connectivity index (χ2n) is 3.38. The average molecular weight is 167 g/mol. The van der Waals surface area contributed by atoms with Crippen LogP contribution in [0.15, 0.2) is 12.7 Å². The summed E-state index contributed by atoms with van der Waals surface area (Å²) in [6.45, 7) is 5.78. The molecule has 0 aliphatic heterocycles. The zero-order valence-corrected chi connectivity index (χ0v) is 8.01. The fraction of sp³-hybridized carbons (Fsp3) is 0.727. The number of rotatable bonds is 8. The van der Waals surface area contributed by atoms with Crippen LogP contribution in [0.5, 0.6) is 0 Å². The lowest BCUT2D eigenvalue weighted by molar-refractivity contribution is 0.482. The summed E-state index contributed by atoms with van der Waals surface area (Å²) < 4.78 is 0. The van der Waals surface area contributed by atoms with Crippen LogP contribution in [0.1, 0.15) is 45.4 Å². The summed E-state index contributed by atoms with van der Waals surface area (Å²) in [5.41, 5.74) is 0. The fourth-order valence-electron chi connectivity index (χ4n) is 1.20. The molecule has 0 aromatic carbocycles. The van der Waals surface area contributed by atoms with Crippen molar-refractivity contribution in [3.8, 4) is 0 Å². The van der Waals surface area contributed by atoms with Gasteiger partial charge in [0.05, 0.1) is 0 Å². The van der Waals surface area contributed by atoms with E-state index in [4.69, 9.17) is 0 Å². The van der Waals surface area contributed by atoms with Gasteiger partial charge in [-0.25, -0.2) is 0 Å². The van der Waals surface area contributed by atoms with E-state index in [1.807, 2.05) is 12.4 Å². The molecule has 0 saturated carbocycles. The summed E-state index contributed by atoms with van der Waals surface area (Å²) in [6, 6.07) is 0. The van der Waals surface area contributed by atoms with Crippen molar-refractivity contribution in [1.82, 2.24) is 0 Å². The standard InChI is InChI=1S/C11H19O/c1-3-4-5-6-7-8-11(2)9-10-12/h3,11H,1,4-9H2,2H3. The Bertz CT molecular complexity index is 118. The predicted octanol–water partition coefficient (Wildman–Crippen LogP) is 3.26. The molecule has 1 unspecified atom stereocenters. The minimum absolute atomic E-state index is 0.520. The first-order valence-electron chi connectivity index (χ1n) is 4.77. The minimum atomic E-state index is 0.520. The molecular formula is C11H19O. The molecule has 1 atom stereocenters. The Morgan fingerprint density at radius 2 is 2.17 bits per heavy atom. The molecule has 0 saturated heterocycles. The summed E-state index contributed by atoms with van der Waals surface area (Å²) in [6.07, 6.45) is 10.5. The van der Waals surface area contributed by atoms with Gasteiger partial charge in [0, 0.05) is 6.42 Å². The van der Waals surface area contributed by atoms with E-state index in [1.54, 1.807) is 0 Å². The van der Waals surface area contributed by atoms with Gasteiger partial charge in [-0.15, -0.1) is 6.58 Å². The van der Waals surface area contributed by atoms with Crippen LogP contribution in [-0.2, 0) is 4.79 Å². The Morgan fingerprint density at radius 1 is 1.42 bits per heavy atom. The van der Waals surface area contributed by atoms with Gasteiger partial charge in [0.2, 0.25) is 0 Å². The van der Waals surface area contributed by atoms with E-state index >= 15 is 0 Å². The molecule has 0 aliphatic carbocycles. The second-order valence-corrected chi connectivity index (χ2v) is 3.38. The lowest BCUT2D eigenvalue weighted by atomic mass is 10.0. The summed E-state index contributed by atoms with van der Waals surface area (Å²) in [7, 11) is 0. The molecule has 0 bridgehead atoms. The first-order chi connectivity index (χ1) is 5.81. The molecule has 0 aromatic heterocycles. The molecule has 0 aliphatic rings. The fourth-order valence-corrected chi connectivity index (χ4v) is 1.20. The third-order valence-electron chi connectivity index (χ3n) is 2.04. The van der Waals surface area contributed by atoms with Crippen LogP contribution in [0.3, 0.4) is 0 Å². The summed E-state index contributed by atoms with van der Waals surface area (Å²) in [5, 5.41) is 0. The van der Waals surface area contributed by atoms with Gasteiger partial charge >= 0.3 is 0 Å². The molecule has 0 fully saturated rings. The van der Waals surface area contributed by atoms with Crippen LogP contribution in [0.2, 0.25) is 0 Å². The Morgan fingerprint density at radius 3 is 2.75 bits per heavy atom. The highest BCUT2D eigenvalue weighted by atomic mass is 16.1. The van der Waals surface area contributed by atoms with Crippen molar-refractivity contribution in [1.29, 1.82) is 0 Å². The van der Waals surface area contributed by atoms with Crippen LogP contribution in [0.25, 0.3) is 0 Å². The zero-order valence-electron chi connectivity index (χ0n) is 8.01. The molecule has 1 radical (unpaired) electrons. The molecular weight excluding hydrogens is 148 g/mol. The van der Waals surface area contributed by atoms with Crippen LogP contribution in [-0.4, -0.2) is 6.29 Å². The lowest BCUT2D eigenvalue weighted by Gasteiger charge is -2.05. The summed E-state index contributed by atoms with van der Waals surface area (Å²) >= 11 is 0. The number of hydrogen-bond acceptors (Lipinski definition) is 1. The minimum Gasteiger partial charge on any atom is -0.291 e. The molecule has 69 valence electrons. The van der Waals surface area contributed by atoms with Crippen molar-refractivity contribution < 1.29 is 4.79 Å². The smallest absolute Gasteiger partial charge is 0.198 e. The van der Waals surface area contributed by atoms with Crippen LogP contribution in [0, 0.1) is 5.92 Å². The van der Waals surface area contributed by atoms with Crippen molar-refractivity contribution in [2.24, 2.45) is 5.92 Å². The maximum atomic E-state index is 10.0. The molecule has 0 aromatic rings. The summed E-state index contributed by atoms with van der Waals surface area (Å²) in [4.78, 5) is 10.0. The van der Waals surface area contributed by atoms with E-state index in [0.29, 0.717) is 12.3 Å². The van der Waals surface area contributed by atoms with E-state index in [9.17, 15) is 4.79 Å². The van der Waals surface area contributed by atoms with Gasteiger partial charge in [0.1, 0.15) is 0 Å². The maximum Gasteiger partial charge on any atom is 0.198 e. The predicted molar refractivity (Wildman–Crippen MR) is 52.8 cm³/mol. The molecule has 0 heterocycles. The number of unbranched alkanes of at least 4 members (excludes halogenated alkanes) is 3. The third kappa shape index (κ3) is 7.52. The van der Waals surface area contributed by atoms with Crippen molar-refractivity contribution in [3.05, 3.63) is 12.7 Å². The highest BCUT2D eigenvalue weighted by Crippen LogP contribution is 2.12. The zero-order chi connectivity index (χ0) is 9.23. The van der Waals surface area contributed by atoms with E-state index < -0.39 is 0 Å². The molecule has 0 N–H and O–H groups in total. The van der Waals surface area contributed by atoms with Crippen molar-refractivity contribution in [2.75, 3.05) is 0 Å². The monoisotopic (exact) mass is 167 g/mol. The number of hydrogen-bond donors (Lipinski definition) is 0. The van der Waals surface area contributed by atoms with Gasteiger partial charge in [0.25, 0.3) is 0 Å². The van der Waals surface area contributed by atoms with Gasteiger partial charge in [-0.3, -0.25) is 4.79 Å². The number of carbonyl (C=O) groups excluding carboxylic acids is 1. The SMILES string of the molecule is C=CCCCCCC(C)C[C]=O. The average Bonchev–Trinajstić information content (AvgIpc) is 2.05. The second kappa shape index (κ2) is 8.51. The van der Waals surface area contributed by atoms with Crippen molar-refractivity contribution in [2.45, 2.75) is 45.4 Å². The maximum absolute atomic E-state index is 10.0. The molecule has 12 heavy (non-hydrogen) atoms. The Labute approximate surface area is 75.9 Å². The number of allylic oxidation sites excluding steroid dienone is 1. The Hall–Kier alpha value is -0.590. The highest BCUT2D eigenvalue weighted by Gasteiger charge is 2.00. The molecule has 1 nitrogen and oxygen atoms in total. The van der Waals surface area contributed by atoms with Crippen LogP contribution in [0.4, 0.5) is 0 Å². The first kappa shape index (κ1) is 11.4. The lowest BCUT2D eigenvalue weighted by Crippen LogP contribution is -1.94. The molecule has 0 amide bonds. The summed E-state index contributed by atoms with van der Waals surface area (Å²) in [5.74, 6) is 0.520. The Kier molecular flexibility index (Phi) is 8.09. The van der Waals surface area contributed by atoms with Crippen molar-refractivity contribution in [3.63, 3.8) is 0 Å². The van der Waals surface area contributed by atoms with E-state index in [0.717, 1.165) is 12.8 Å². The van der Waals surface area contributed by atoms with Crippen LogP contribution >= 0.6 is 0 Å². The van der Waals surface area contributed by atoms with E-state index in [2.05, 4.69) is 13.5 Å². The molecule has 1 heteroatoms. The normalized spacial score (nSPS) is 12.4. The van der Waals surface area contributed by atoms with Gasteiger partial charge in [-0.05, 0) is 18.8 Å².